The summed E-state index contributed by atoms with van der Waals surface area (Å²) in [6.07, 6.45) is 3.55. The third-order valence-corrected chi connectivity index (χ3v) is 4.02. The lowest BCUT2D eigenvalue weighted by Crippen LogP contribution is -2.59. The molecule has 1 aliphatic carbocycles. The van der Waals surface area contributed by atoms with Crippen molar-refractivity contribution in [3.8, 4) is 5.75 Å². The minimum atomic E-state index is -0.732. The van der Waals surface area contributed by atoms with Crippen LogP contribution in [0.3, 0.4) is 0 Å². The van der Waals surface area contributed by atoms with E-state index in [2.05, 4.69) is 5.32 Å². The van der Waals surface area contributed by atoms with Crippen LogP contribution in [0.15, 0.2) is 24.3 Å². The fraction of sp³-hybridized carbons (Fsp3) is 0.562. The van der Waals surface area contributed by atoms with Crippen LogP contribution in [0.4, 0.5) is 4.39 Å². The molecule has 116 valence electrons. The number of halogens is 1. The first-order valence-corrected chi connectivity index (χ1v) is 7.53. The molecule has 2 atom stereocenters. The number of nitrogens with two attached hydrogens (primary N) is 1. The number of benzene rings is 1. The van der Waals surface area contributed by atoms with Crippen molar-refractivity contribution < 1.29 is 13.9 Å². The highest BCUT2D eigenvalue weighted by atomic mass is 19.1. The first kappa shape index (κ1) is 15.8. The molecule has 0 aliphatic heterocycles. The number of carbonyl (C=O) groups is 1. The minimum Gasteiger partial charge on any atom is -0.487 e. The SMILES string of the molecule is CCCNC1(C(N)=O)CCCC(Oc2ccccc2F)C1. The third kappa shape index (κ3) is 3.73. The van der Waals surface area contributed by atoms with Gasteiger partial charge in [-0.25, -0.2) is 4.39 Å². The number of nitrogens with one attached hydrogen (secondary N) is 1. The molecule has 0 heterocycles. The van der Waals surface area contributed by atoms with Gasteiger partial charge in [-0.1, -0.05) is 19.1 Å². The van der Waals surface area contributed by atoms with E-state index in [1.165, 1.54) is 6.07 Å². The Morgan fingerprint density at radius 2 is 2.29 bits per heavy atom. The molecular weight excluding hydrogens is 271 g/mol. The second-order valence-electron chi connectivity index (χ2n) is 5.64. The second-order valence-corrected chi connectivity index (χ2v) is 5.64. The highest BCUT2D eigenvalue weighted by molar-refractivity contribution is 5.84. The van der Waals surface area contributed by atoms with Crippen molar-refractivity contribution in [3.05, 3.63) is 30.1 Å². The van der Waals surface area contributed by atoms with E-state index in [-0.39, 0.29) is 23.6 Å². The number of para-hydroxylation sites is 1. The maximum atomic E-state index is 13.7. The molecule has 2 rings (SSSR count). The minimum absolute atomic E-state index is 0.201. The molecule has 0 bridgehead atoms. The Labute approximate surface area is 124 Å². The predicted octanol–water partition coefficient (Wildman–Crippen LogP) is 2.37. The normalized spacial score (nSPS) is 25.5. The number of primary amides is 1. The lowest BCUT2D eigenvalue weighted by Gasteiger charge is -2.39. The molecule has 3 N–H and O–H groups in total. The number of hydrogen-bond acceptors (Lipinski definition) is 3. The standard InChI is InChI=1S/C16H23FN2O2/c1-2-10-19-16(15(18)20)9-5-6-12(11-16)21-14-8-4-3-7-13(14)17/h3-4,7-8,12,19H,2,5-6,9-11H2,1H3,(H2,18,20). The zero-order chi connectivity index (χ0) is 15.3. The Kier molecular flexibility index (Phi) is 5.17. The zero-order valence-corrected chi connectivity index (χ0v) is 12.4. The lowest BCUT2D eigenvalue weighted by atomic mass is 9.79. The maximum Gasteiger partial charge on any atom is 0.237 e. The molecule has 1 saturated carbocycles. The smallest absolute Gasteiger partial charge is 0.237 e. The third-order valence-electron chi connectivity index (χ3n) is 4.02. The molecule has 1 aliphatic rings. The van der Waals surface area contributed by atoms with Crippen LogP contribution in [0.2, 0.25) is 0 Å². The molecule has 1 aromatic rings. The van der Waals surface area contributed by atoms with Crippen molar-refractivity contribution in [1.82, 2.24) is 5.32 Å². The lowest BCUT2D eigenvalue weighted by molar-refractivity contribution is -0.127. The van der Waals surface area contributed by atoms with Gasteiger partial charge in [0.15, 0.2) is 11.6 Å². The molecule has 1 aromatic carbocycles. The van der Waals surface area contributed by atoms with Gasteiger partial charge in [-0.15, -0.1) is 0 Å². The van der Waals surface area contributed by atoms with E-state index in [1.807, 2.05) is 6.92 Å². The van der Waals surface area contributed by atoms with Crippen LogP contribution in [0.1, 0.15) is 39.0 Å². The molecule has 0 radical (unpaired) electrons. The number of amides is 1. The summed E-state index contributed by atoms with van der Waals surface area (Å²) in [6, 6.07) is 6.33. The van der Waals surface area contributed by atoms with Gasteiger partial charge in [0, 0.05) is 6.42 Å². The molecule has 0 saturated heterocycles. The fourth-order valence-corrected chi connectivity index (χ4v) is 2.88. The van der Waals surface area contributed by atoms with E-state index >= 15 is 0 Å². The summed E-state index contributed by atoms with van der Waals surface area (Å²) in [7, 11) is 0. The van der Waals surface area contributed by atoms with E-state index in [0.717, 1.165) is 25.8 Å². The van der Waals surface area contributed by atoms with Gasteiger partial charge in [-0.2, -0.15) is 0 Å². The van der Waals surface area contributed by atoms with E-state index in [1.54, 1.807) is 18.2 Å². The Bertz CT molecular complexity index is 495. The Balaban J connectivity index is 2.08. The molecular formula is C16H23FN2O2. The van der Waals surface area contributed by atoms with Gasteiger partial charge in [-0.05, 0) is 44.4 Å². The van der Waals surface area contributed by atoms with Crippen molar-refractivity contribution in [2.45, 2.75) is 50.7 Å². The predicted molar refractivity (Wildman–Crippen MR) is 79.5 cm³/mol. The number of carbonyl (C=O) groups excluding carboxylic acids is 1. The quantitative estimate of drug-likeness (QED) is 0.846. The molecule has 1 fully saturated rings. The summed E-state index contributed by atoms with van der Waals surface area (Å²) in [6.45, 7) is 2.77. The summed E-state index contributed by atoms with van der Waals surface area (Å²) in [4.78, 5) is 11.9. The van der Waals surface area contributed by atoms with E-state index in [9.17, 15) is 9.18 Å². The Hall–Kier alpha value is -1.62. The first-order valence-electron chi connectivity index (χ1n) is 7.53. The summed E-state index contributed by atoms with van der Waals surface area (Å²) in [5.74, 6) is -0.495. The molecule has 4 nitrogen and oxygen atoms in total. The highest BCUT2D eigenvalue weighted by Gasteiger charge is 2.41. The van der Waals surface area contributed by atoms with Gasteiger partial charge in [-0.3, -0.25) is 4.79 Å². The van der Waals surface area contributed by atoms with Crippen LogP contribution in [0.25, 0.3) is 0 Å². The van der Waals surface area contributed by atoms with Gasteiger partial charge in [0.1, 0.15) is 11.6 Å². The van der Waals surface area contributed by atoms with Crippen LogP contribution < -0.4 is 15.8 Å². The van der Waals surface area contributed by atoms with Crippen molar-refractivity contribution >= 4 is 5.91 Å². The van der Waals surface area contributed by atoms with Crippen molar-refractivity contribution in [1.29, 1.82) is 0 Å². The molecule has 0 spiro atoms. The topological polar surface area (TPSA) is 64.3 Å². The average Bonchev–Trinajstić information content (AvgIpc) is 2.48. The Morgan fingerprint density at radius 1 is 1.52 bits per heavy atom. The number of ether oxygens (including phenoxy) is 1. The van der Waals surface area contributed by atoms with Gasteiger partial charge >= 0.3 is 0 Å². The van der Waals surface area contributed by atoms with Crippen LogP contribution in [0.5, 0.6) is 5.75 Å². The molecule has 2 unspecified atom stereocenters. The summed E-state index contributed by atoms with van der Waals surface area (Å²) in [5, 5.41) is 3.27. The van der Waals surface area contributed by atoms with Gasteiger partial charge in [0.25, 0.3) is 0 Å². The highest BCUT2D eigenvalue weighted by Crippen LogP contribution is 2.31. The van der Waals surface area contributed by atoms with Gasteiger partial charge < -0.3 is 15.8 Å². The average molecular weight is 294 g/mol. The summed E-state index contributed by atoms with van der Waals surface area (Å²) in [5.41, 5.74) is 4.87. The Morgan fingerprint density at radius 3 is 2.95 bits per heavy atom. The molecule has 1 amide bonds. The first-order chi connectivity index (χ1) is 10.1. The van der Waals surface area contributed by atoms with Gasteiger partial charge in [0.2, 0.25) is 5.91 Å². The van der Waals surface area contributed by atoms with Crippen LogP contribution in [0, 0.1) is 5.82 Å². The fourth-order valence-electron chi connectivity index (χ4n) is 2.88. The number of hydrogen-bond donors (Lipinski definition) is 2. The second kappa shape index (κ2) is 6.89. The van der Waals surface area contributed by atoms with E-state index in [4.69, 9.17) is 10.5 Å². The van der Waals surface area contributed by atoms with Crippen molar-refractivity contribution in [3.63, 3.8) is 0 Å². The van der Waals surface area contributed by atoms with E-state index in [0.29, 0.717) is 12.8 Å². The van der Waals surface area contributed by atoms with Crippen molar-refractivity contribution in [2.75, 3.05) is 6.54 Å². The van der Waals surface area contributed by atoms with Crippen LogP contribution in [-0.4, -0.2) is 24.1 Å². The largest absolute Gasteiger partial charge is 0.487 e. The van der Waals surface area contributed by atoms with Gasteiger partial charge in [0.05, 0.1) is 0 Å². The zero-order valence-electron chi connectivity index (χ0n) is 12.4. The van der Waals surface area contributed by atoms with E-state index < -0.39 is 5.54 Å². The molecule has 0 aromatic heterocycles. The maximum absolute atomic E-state index is 13.7. The van der Waals surface area contributed by atoms with Crippen molar-refractivity contribution in [2.24, 2.45) is 5.73 Å². The van der Waals surface area contributed by atoms with Crippen LogP contribution in [-0.2, 0) is 4.79 Å². The summed E-state index contributed by atoms with van der Waals surface area (Å²) >= 11 is 0. The summed E-state index contributed by atoms with van der Waals surface area (Å²) < 4.78 is 19.4. The number of rotatable bonds is 6. The molecule has 21 heavy (non-hydrogen) atoms. The monoisotopic (exact) mass is 294 g/mol. The van der Waals surface area contributed by atoms with Crippen LogP contribution >= 0.6 is 0 Å². The molecule has 5 heteroatoms.